The molecule has 114 valence electrons. The second-order valence-electron chi connectivity index (χ2n) is 5.64. The number of thiazole rings is 1. The normalized spacial score (nSPS) is 12.7. The molecule has 4 heteroatoms. The van der Waals surface area contributed by atoms with Gasteiger partial charge in [0.25, 0.3) is 0 Å². The minimum absolute atomic E-state index is 0.331. The van der Waals surface area contributed by atoms with Gasteiger partial charge in [-0.3, -0.25) is 4.99 Å². The number of benzene rings is 1. The van der Waals surface area contributed by atoms with Crippen LogP contribution in [-0.2, 0) is 6.42 Å². The van der Waals surface area contributed by atoms with E-state index in [1.165, 1.54) is 22.5 Å². The molecule has 1 aromatic heterocycles. The van der Waals surface area contributed by atoms with Crippen molar-refractivity contribution in [2.45, 2.75) is 39.0 Å². The van der Waals surface area contributed by atoms with Gasteiger partial charge in [-0.15, -0.1) is 11.3 Å². The lowest BCUT2D eigenvalue weighted by atomic mass is 10.0. The highest BCUT2D eigenvalue weighted by atomic mass is 32.1. The molecule has 0 aliphatic carbocycles. The van der Waals surface area contributed by atoms with Crippen molar-refractivity contribution in [2.24, 2.45) is 4.99 Å². The monoisotopic (exact) mass is 311 g/mol. The predicted octanol–water partition coefficient (Wildman–Crippen LogP) is 4.50. The van der Waals surface area contributed by atoms with Crippen LogP contribution in [0.5, 0.6) is 0 Å². The van der Waals surface area contributed by atoms with Crippen LogP contribution < -0.4 is 0 Å². The summed E-state index contributed by atoms with van der Waals surface area (Å²) in [5, 5.41) is 12.0. The van der Waals surface area contributed by atoms with E-state index < -0.39 is 0 Å². The number of aliphatic imine (C=N–C) groups is 1. The Morgan fingerprint density at radius 2 is 2.05 bits per heavy atom. The molecule has 1 heterocycles. The Bertz CT molecular complexity index is 662. The molecule has 0 spiro atoms. The lowest BCUT2D eigenvalue weighted by Gasteiger charge is -2.06. The first-order chi connectivity index (χ1) is 10.6. The maximum Gasteiger partial charge on any atom is 0.133 e. The van der Waals surface area contributed by atoms with E-state index in [1.54, 1.807) is 6.21 Å². The fourth-order valence-corrected chi connectivity index (χ4v) is 2.91. The van der Waals surface area contributed by atoms with Crippen molar-refractivity contribution in [1.82, 2.24) is 4.98 Å². The highest BCUT2D eigenvalue weighted by Gasteiger charge is 2.11. The first-order valence-corrected chi connectivity index (χ1v) is 8.38. The number of hydrogen-bond donors (Lipinski definition) is 0. The third kappa shape index (κ3) is 4.51. The summed E-state index contributed by atoms with van der Waals surface area (Å²) >= 11 is 1.52. The first-order valence-electron chi connectivity index (χ1n) is 7.50. The number of rotatable bonds is 6. The Hall–Kier alpha value is -1.99. The molecule has 1 atom stereocenters. The Labute approximate surface area is 136 Å². The zero-order chi connectivity index (χ0) is 15.9. The van der Waals surface area contributed by atoms with Crippen LogP contribution in [0, 0.1) is 18.3 Å². The van der Waals surface area contributed by atoms with Crippen molar-refractivity contribution < 1.29 is 0 Å². The van der Waals surface area contributed by atoms with Crippen molar-refractivity contribution in [2.75, 3.05) is 6.54 Å². The highest BCUT2D eigenvalue weighted by molar-refractivity contribution is 7.09. The van der Waals surface area contributed by atoms with Crippen molar-refractivity contribution in [1.29, 1.82) is 5.26 Å². The van der Waals surface area contributed by atoms with E-state index in [0.717, 1.165) is 17.1 Å². The summed E-state index contributed by atoms with van der Waals surface area (Å²) in [6.07, 6.45) is 2.62. The lowest BCUT2D eigenvalue weighted by molar-refractivity contribution is 0.863. The molecule has 2 aromatic rings. The number of nitrogens with zero attached hydrogens (tertiary/aromatic N) is 3. The van der Waals surface area contributed by atoms with Gasteiger partial charge in [-0.05, 0) is 30.4 Å². The van der Waals surface area contributed by atoms with E-state index >= 15 is 0 Å². The maximum atomic E-state index is 9.21. The number of hydrogen-bond acceptors (Lipinski definition) is 4. The van der Waals surface area contributed by atoms with Crippen LogP contribution in [0.4, 0.5) is 0 Å². The van der Waals surface area contributed by atoms with Gasteiger partial charge < -0.3 is 0 Å². The summed E-state index contributed by atoms with van der Waals surface area (Å²) in [5.41, 5.74) is 3.59. The van der Waals surface area contributed by atoms with E-state index in [0.29, 0.717) is 12.5 Å². The van der Waals surface area contributed by atoms with Gasteiger partial charge in [0.15, 0.2) is 0 Å². The topological polar surface area (TPSA) is 49.0 Å². The molecule has 0 fully saturated rings. The quantitative estimate of drug-likeness (QED) is 0.738. The average Bonchev–Trinajstić information content (AvgIpc) is 2.94. The molecule has 0 unspecified atom stereocenters. The van der Waals surface area contributed by atoms with Gasteiger partial charge in [0.05, 0.1) is 6.07 Å². The summed E-state index contributed by atoms with van der Waals surface area (Å²) < 4.78 is 0. The van der Waals surface area contributed by atoms with E-state index in [2.05, 4.69) is 54.2 Å². The third-order valence-corrected chi connectivity index (χ3v) is 4.52. The lowest BCUT2D eigenvalue weighted by Crippen LogP contribution is -1.99. The molecule has 22 heavy (non-hydrogen) atoms. The Morgan fingerprint density at radius 1 is 1.32 bits per heavy atom. The van der Waals surface area contributed by atoms with Crippen LogP contribution in [0.3, 0.4) is 0 Å². The second kappa shape index (κ2) is 7.86. The van der Waals surface area contributed by atoms with Gasteiger partial charge >= 0.3 is 0 Å². The molecule has 0 N–H and O–H groups in total. The van der Waals surface area contributed by atoms with Gasteiger partial charge in [0.2, 0.25) is 0 Å². The molecule has 0 radical (unpaired) electrons. The number of aromatic nitrogens is 1. The molecule has 0 aliphatic rings. The smallest absolute Gasteiger partial charge is 0.133 e. The zero-order valence-electron chi connectivity index (χ0n) is 13.3. The number of nitriles is 1. The standard InChI is InChI=1S/C18H21N3S/c1-13(2)16-6-4-15(5-7-16)8-9-20-11-17(10-19)18-21-14(3)12-22-18/h4-7,11-13,17H,8-9H2,1-3H3/t17-/m1/s1. The van der Waals surface area contributed by atoms with Crippen molar-refractivity contribution >= 4 is 17.6 Å². The highest BCUT2D eigenvalue weighted by Crippen LogP contribution is 2.18. The molecule has 0 saturated heterocycles. The summed E-state index contributed by atoms with van der Waals surface area (Å²) in [7, 11) is 0. The molecule has 0 aliphatic heterocycles. The van der Waals surface area contributed by atoms with E-state index in [1.807, 2.05) is 12.3 Å². The zero-order valence-corrected chi connectivity index (χ0v) is 14.1. The Balaban J connectivity index is 1.88. The fourth-order valence-electron chi connectivity index (χ4n) is 2.11. The van der Waals surface area contributed by atoms with Gasteiger partial charge in [-0.1, -0.05) is 38.1 Å². The number of aryl methyl sites for hydroxylation is 1. The van der Waals surface area contributed by atoms with Gasteiger partial charge in [0.1, 0.15) is 10.9 Å². The van der Waals surface area contributed by atoms with Crippen LogP contribution in [0.25, 0.3) is 0 Å². The molecule has 0 amide bonds. The minimum Gasteiger partial charge on any atom is -0.295 e. The average molecular weight is 311 g/mol. The van der Waals surface area contributed by atoms with Crippen molar-refractivity contribution in [3.63, 3.8) is 0 Å². The van der Waals surface area contributed by atoms with Crippen LogP contribution in [0.2, 0.25) is 0 Å². The minimum atomic E-state index is -0.331. The molecular weight excluding hydrogens is 290 g/mol. The Morgan fingerprint density at radius 3 is 2.59 bits per heavy atom. The van der Waals surface area contributed by atoms with Crippen LogP contribution in [0.15, 0.2) is 34.6 Å². The third-order valence-electron chi connectivity index (χ3n) is 3.47. The molecule has 0 saturated carbocycles. The predicted molar refractivity (Wildman–Crippen MR) is 92.8 cm³/mol. The summed E-state index contributed by atoms with van der Waals surface area (Å²) in [4.78, 5) is 8.75. The Kier molecular flexibility index (Phi) is 5.85. The van der Waals surface area contributed by atoms with Crippen molar-refractivity contribution in [3.8, 4) is 6.07 Å². The van der Waals surface area contributed by atoms with Crippen LogP contribution in [0.1, 0.15) is 47.5 Å². The largest absolute Gasteiger partial charge is 0.295 e. The first kappa shape index (κ1) is 16.4. The summed E-state index contributed by atoms with van der Waals surface area (Å²) in [6, 6.07) is 10.9. The maximum absolute atomic E-state index is 9.21. The van der Waals surface area contributed by atoms with Crippen LogP contribution in [-0.4, -0.2) is 17.7 Å². The molecule has 0 bridgehead atoms. The van der Waals surface area contributed by atoms with E-state index in [9.17, 15) is 5.26 Å². The fraction of sp³-hybridized carbons (Fsp3) is 0.389. The van der Waals surface area contributed by atoms with Gasteiger partial charge in [-0.2, -0.15) is 5.26 Å². The molecule has 1 aromatic carbocycles. The van der Waals surface area contributed by atoms with Crippen LogP contribution >= 0.6 is 11.3 Å². The molecule has 3 nitrogen and oxygen atoms in total. The van der Waals surface area contributed by atoms with Gasteiger partial charge in [-0.25, -0.2) is 4.98 Å². The van der Waals surface area contributed by atoms with Gasteiger partial charge in [0, 0.05) is 23.8 Å². The summed E-state index contributed by atoms with van der Waals surface area (Å²) in [6.45, 7) is 7.03. The second-order valence-corrected chi connectivity index (χ2v) is 6.53. The van der Waals surface area contributed by atoms with E-state index in [-0.39, 0.29) is 5.92 Å². The SMILES string of the molecule is Cc1csc([C@H](C#N)C=NCCc2ccc(C(C)C)cc2)n1. The van der Waals surface area contributed by atoms with Crippen molar-refractivity contribution in [3.05, 3.63) is 51.5 Å². The van der Waals surface area contributed by atoms with E-state index in [4.69, 9.17) is 0 Å². The molecular formula is C18H21N3S. The summed E-state index contributed by atoms with van der Waals surface area (Å²) in [5.74, 6) is 0.229. The molecule has 2 rings (SSSR count).